The molecule has 1 aliphatic carbocycles. The van der Waals surface area contributed by atoms with E-state index in [-0.39, 0.29) is 12.2 Å². The number of nitrogens with zero attached hydrogens (tertiary/aromatic N) is 3. The molecule has 2 aromatic rings. The van der Waals surface area contributed by atoms with Crippen LogP contribution in [0, 0.1) is 11.3 Å². The van der Waals surface area contributed by atoms with E-state index in [1.165, 1.54) is 0 Å². The smallest absolute Gasteiger partial charge is 0.144 e. The molecule has 0 N–H and O–H groups in total. The zero-order chi connectivity index (χ0) is 14.2. The molecule has 1 saturated carbocycles. The summed E-state index contributed by atoms with van der Waals surface area (Å²) < 4.78 is 1.81. The van der Waals surface area contributed by atoms with Crippen molar-refractivity contribution in [3.63, 3.8) is 0 Å². The first-order valence-electron chi connectivity index (χ1n) is 7.00. The molecule has 1 aliphatic rings. The van der Waals surface area contributed by atoms with Gasteiger partial charge < -0.3 is 0 Å². The van der Waals surface area contributed by atoms with Crippen LogP contribution in [0.1, 0.15) is 37.7 Å². The molecule has 1 atom stereocenters. The van der Waals surface area contributed by atoms with Gasteiger partial charge in [0.2, 0.25) is 0 Å². The molecule has 0 saturated heterocycles. The number of carbonyl (C=O) groups excluding carboxylic acids is 1. The summed E-state index contributed by atoms with van der Waals surface area (Å²) in [4.78, 5) is 12.5. The van der Waals surface area contributed by atoms with Crippen molar-refractivity contribution in [2.45, 2.75) is 37.5 Å². The first kappa shape index (κ1) is 12.9. The Morgan fingerprint density at radius 2 is 2.30 bits per heavy atom. The second-order valence-corrected chi connectivity index (χ2v) is 5.59. The predicted molar refractivity (Wildman–Crippen MR) is 76.1 cm³/mol. The van der Waals surface area contributed by atoms with Crippen molar-refractivity contribution in [1.82, 2.24) is 9.78 Å². The molecule has 0 radical (unpaired) electrons. The predicted octanol–water partition coefficient (Wildman–Crippen LogP) is 2.87. The molecule has 1 fully saturated rings. The standard InChI is InChI=1S/C16H17N3O/c1-19-14-10-13(6-5-12(14)11-18-19)16(8-9-17)7-3-2-4-15(16)20/h5-6,10-11H,2-4,7-8H2,1H3. The maximum absolute atomic E-state index is 12.5. The minimum Gasteiger partial charge on any atom is -0.299 e. The van der Waals surface area contributed by atoms with Crippen LogP contribution in [0.15, 0.2) is 24.4 Å². The van der Waals surface area contributed by atoms with Crippen LogP contribution in [0.5, 0.6) is 0 Å². The van der Waals surface area contributed by atoms with E-state index >= 15 is 0 Å². The summed E-state index contributed by atoms with van der Waals surface area (Å²) in [5.74, 6) is 0.215. The fourth-order valence-electron chi connectivity index (χ4n) is 3.26. The fourth-order valence-corrected chi connectivity index (χ4v) is 3.26. The molecule has 1 aromatic heterocycles. The SMILES string of the molecule is Cn1ncc2ccc(C3(CC#N)CCCCC3=O)cc21. The molecule has 0 aliphatic heterocycles. The Morgan fingerprint density at radius 1 is 1.45 bits per heavy atom. The lowest BCUT2D eigenvalue weighted by molar-refractivity contribution is -0.126. The lowest BCUT2D eigenvalue weighted by Crippen LogP contribution is -2.38. The highest BCUT2D eigenvalue weighted by molar-refractivity contribution is 5.92. The molecule has 1 aromatic carbocycles. The molecule has 20 heavy (non-hydrogen) atoms. The first-order chi connectivity index (χ1) is 9.67. The lowest BCUT2D eigenvalue weighted by Gasteiger charge is -2.34. The molecule has 3 rings (SSSR count). The highest BCUT2D eigenvalue weighted by Gasteiger charge is 2.41. The number of aryl methyl sites for hydroxylation is 1. The van der Waals surface area contributed by atoms with Gasteiger partial charge in [0, 0.05) is 18.9 Å². The fraction of sp³-hybridized carbons (Fsp3) is 0.438. The van der Waals surface area contributed by atoms with Crippen molar-refractivity contribution in [1.29, 1.82) is 5.26 Å². The molecule has 0 bridgehead atoms. The van der Waals surface area contributed by atoms with Gasteiger partial charge in [0.15, 0.2) is 0 Å². The molecule has 1 unspecified atom stereocenters. The second-order valence-electron chi connectivity index (χ2n) is 5.59. The normalized spacial score (nSPS) is 22.9. The van der Waals surface area contributed by atoms with Gasteiger partial charge in [-0.25, -0.2) is 0 Å². The lowest BCUT2D eigenvalue weighted by atomic mass is 9.66. The van der Waals surface area contributed by atoms with Gasteiger partial charge in [0.1, 0.15) is 5.78 Å². The van der Waals surface area contributed by atoms with Crippen LogP contribution in [0.4, 0.5) is 0 Å². The summed E-state index contributed by atoms with van der Waals surface area (Å²) in [6.07, 6.45) is 5.42. The van der Waals surface area contributed by atoms with Crippen molar-refractivity contribution in [2.24, 2.45) is 7.05 Å². The molecule has 0 spiro atoms. The Labute approximate surface area is 118 Å². The van der Waals surface area contributed by atoms with Crippen LogP contribution in [0.2, 0.25) is 0 Å². The van der Waals surface area contributed by atoms with Crippen molar-refractivity contribution in [2.75, 3.05) is 0 Å². The molecular weight excluding hydrogens is 250 g/mol. The third-order valence-corrected chi connectivity index (χ3v) is 4.47. The van der Waals surface area contributed by atoms with Gasteiger partial charge in [-0.2, -0.15) is 10.4 Å². The number of aromatic nitrogens is 2. The average molecular weight is 267 g/mol. The molecular formula is C16H17N3O. The Balaban J connectivity index is 2.16. The zero-order valence-corrected chi connectivity index (χ0v) is 11.6. The van der Waals surface area contributed by atoms with Crippen molar-refractivity contribution >= 4 is 16.7 Å². The molecule has 102 valence electrons. The van der Waals surface area contributed by atoms with Gasteiger partial charge in [0.25, 0.3) is 0 Å². The maximum Gasteiger partial charge on any atom is 0.144 e. The van der Waals surface area contributed by atoms with Crippen molar-refractivity contribution in [3.05, 3.63) is 30.0 Å². The first-order valence-corrected chi connectivity index (χ1v) is 7.00. The van der Waals surface area contributed by atoms with Crippen LogP contribution >= 0.6 is 0 Å². The quantitative estimate of drug-likeness (QED) is 0.840. The Hall–Kier alpha value is -2.15. The van der Waals surface area contributed by atoms with E-state index in [2.05, 4.69) is 11.2 Å². The number of ketones is 1. The van der Waals surface area contributed by atoms with Crippen molar-refractivity contribution < 1.29 is 4.79 Å². The topological polar surface area (TPSA) is 58.7 Å². The van der Waals surface area contributed by atoms with E-state index in [0.717, 1.165) is 35.7 Å². The monoisotopic (exact) mass is 267 g/mol. The minimum atomic E-state index is -0.606. The van der Waals surface area contributed by atoms with Gasteiger partial charge in [-0.15, -0.1) is 0 Å². The van der Waals surface area contributed by atoms with E-state index in [9.17, 15) is 10.1 Å². The van der Waals surface area contributed by atoms with Gasteiger partial charge in [-0.1, -0.05) is 18.6 Å². The number of hydrogen-bond donors (Lipinski definition) is 0. The van der Waals surface area contributed by atoms with Gasteiger partial charge in [0.05, 0.1) is 29.6 Å². The number of benzene rings is 1. The van der Waals surface area contributed by atoms with E-state index < -0.39 is 5.41 Å². The summed E-state index contributed by atoms with van der Waals surface area (Å²) in [7, 11) is 1.89. The summed E-state index contributed by atoms with van der Waals surface area (Å²) in [5, 5.41) is 14.5. The second kappa shape index (κ2) is 4.75. The van der Waals surface area contributed by atoms with Crippen LogP contribution in [-0.4, -0.2) is 15.6 Å². The minimum absolute atomic E-state index is 0.215. The van der Waals surface area contributed by atoms with E-state index in [1.54, 1.807) is 0 Å². The zero-order valence-electron chi connectivity index (χ0n) is 11.6. The van der Waals surface area contributed by atoms with Crippen LogP contribution < -0.4 is 0 Å². The van der Waals surface area contributed by atoms with E-state index in [0.29, 0.717) is 6.42 Å². The molecule has 0 amide bonds. The van der Waals surface area contributed by atoms with Crippen LogP contribution in [0.25, 0.3) is 10.9 Å². The molecule has 4 nitrogen and oxygen atoms in total. The Kier molecular flexibility index (Phi) is 3.06. The maximum atomic E-state index is 12.5. The number of Topliss-reactive ketones (excluding diaryl/α,β-unsaturated/α-hetero) is 1. The third kappa shape index (κ3) is 1.82. The van der Waals surface area contributed by atoms with Gasteiger partial charge in [-0.3, -0.25) is 9.48 Å². The number of rotatable bonds is 2. The van der Waals surface area contributed by atoms with Crippen LogP contribution in [-0.2, 0) is 17.3 Å². The number of fused-ring (bicyclic) bond motifs is 1. The summed E-state index contributed by atoms with van der Waals surface area (Å²) in [6.45, 7) is 0. The van der Waals surface area contributed by atoms with Crippen LogP contribution in [0.3, 0.4) is 0 Å². The third-order valence-electron chi connectivity index (χ3n) is 4.47. The molecule has 1 heterocycles. The summed E-state index contributed by atoms with van der Waals surface area (Å²) in [6, 6.07) is 8.24. The van der Waals surface area contributed by atoms with E-state index in [4.69, 9.17) is 0 Å². The van der Waals surface area contributed by atoms with E-state index in [1.807, 2.05) is 36.1 Å². The molecule has 4 heteroatoms. The largest absolute Gasteiger partial charge is 0.299 e. The van der Waals surface area contributed by atoms with Gasteiger partial charge in [-0.05, 0) is 24.5 Å². The Bertz CT molecular complexity index is 710. The highest BCUT2D eigenvalue weighted by atomic mass is 16.1. The number of hydrogen-bond acceptors (Lipinski definition) is 3. The Morgan fingerprint density at radius 3 is 3.05 bits per heavy atom. The average Bonchev–Trinajstić information content (AvgIpc) is 2.83. The van der Waals surface area contributed by atoms with Gasteiger partial charge >= 0.3 is 0 Å². The van der Waals surface area contributed by atoms with Crippen molar-refractivity contribution in [3.8, 4) is 6.07 Å². The number of nitriles is 1. The summed E-state index contributed by atoms with van der Waals surface area (Å²) in [5.41, 5.74) is 1.38. The number of carbonyl (C=O) groups is 1. The highest BCUT2D eigenvalue weighted by Crippen LogP contribution is 2.40. The summed E-state index contributed by atoms with van der Waals surface area (Å²) >= 11 is 0.